The fourth-order valence-corrected chi connectivity index (χ4v) is 17.6. The van der Waals surface area contributed by atoms with Crippen LogP contribution in [0.5, 0.6) is 0 Å². The van der Waals surface area contributed by atoms with Gasteiger partial charge in [0.15, 0.2) is 37.7 Å². The first-order valence-corrected chi connectivity index (χ1v) is 34.2. The molecule has 32 nitrogen and oxygen atoms in total. The summed E-state index contributed by atoms with van der Waals surface area (Å²) in [6.45, 7) is 11.6. The quantitative estimate of drug-likeness (QED) is 0.0383. The Hall–Kier alpha value is -1.80. The molecular weight excluding hydrogens is 1280 g/mol. The van der Waals surface area contributed by atoms with Crippen LogP contribution >= 0.6 is 0 Å². The van der Waals surface area contributed by atoms with Crippen molar-refractivity contribution in [3.8, 4) is 0 Å². The Morgan fingerprint density at radius 2 is 1.09 bits per heavy atom. The van der Waals surface area contributed by atoms with Gasteiger partial charge in [-0.1, -0.05) is 39.3 Å². The van der Waals surface area contributed by atoms with E-state index in [9.17, 15) is 94.4 Å². The molecule has 3 saturated carbocycles. The number of carbonyl (C=O) groups is 1. The van der Waals surface area contributed by atoms with Crippen LogP contribution in [0.4, 0.5) is 0 Å². The van der Waals surface area contributed by atoms with Crippen molar-refractivity contribution in [1.82, 2.24) is 0 Å². The van der Waals surface area contributed by atoms with Gasteiger partial charge in [0.25, 0.3) is 0 Å². The molecule has 10 rings (SSSR count). The van der Waals surface area contributed by atoms with Gasteiger partial charge in [-0.2, -0.15) is 8.42 Å². The van der Waals surface area contributed by atoms with Crippen LogP contribution in [-0.2, 0) is 76.2 Å². The Labute approximate surface area is 544 Å². The molecule has 0 aromatic heterocycles. The average Bonchev–Trinajstić information content (AvgIpc) is 1.34. The van der Waals surface area contributed by atoms with Crippen LogP contribution in [0.2, 0.25) is 0 Å². The van der Waals surface area contributed by atoms with Gasteiger partial charge in [0.1, 0.15) is 122 Å². The number of aliphatic hydroxyl groups excluding tert-OH is 14. The molecule has 0 amide bonds. The SMILES string of the molecule is CC(C)CC(=O)C[C@](C)(O)[C@H]1CC[C@H]2[C@@H]3C[C@H](O[C@@H]4O[C@H](C)[C@@H](O)[C@H](O[C@@H]5OC[C@@H](O[C@@H]6O[C@H](CO)[C@H](O)[C@H](O)[C@H]6O[C@@H]6O[C@H](C)[C@H](O)[C@H](O[C@@H]7O[C@@H](CO)[C@H](O)[C@H]7O)[C@H]6O)[C@H](O)[C@H]5O[C@@H]5O[C@H](C)[C@@H](O)[C@H](O)[C@H]5O)[C@H]4O)C4C[C@@H](OS(=O)(=O)O)CC[C@]4(C)C3=CC[C@@]21C. The molecule has 37 atom stereocenters. The molecule has 33 heteroatoms. The smallest absolute Gasteiger partial charge is 0.394 e. The van der Waals surface area contributed by atoms with Crippen LogP contribution in [-0.4, -0.2) is 305 Å². The van der Waals surface area contributed by atoms with Gasteiger partial charge in [-0.15, -0.1) is 0 Å². The van der Waals surface area contributed by atoms with Crippen molar-refractivity contribution in [1.29, 1.82) is 0 Å². The van der Waals surface area contributed by atoms with Crippen LogP contribution in [0, 0.1) is 40.4 Å². The highest BCUT2D eigenvalue weighted by molar-refractivity contribution is 7.80. The van der Waals surface area contributed by atoms with Crippen molar-refractivity contribution in [2.45, 2.75) is 303 Å². The van der Waals surface area contributed by atoms with E-state index in [-0.39, 0.29) is 48.7 Å². The van der Waals surface area contributed by atoms with E-state index in [1.165, 1.54) is 20.8 Å². The highest BCUT2D eigenvalue weighted by atomic mass is 32.3. The molecule has 6 aliphatic heterocycles. The van der Waals surface area contributed by atoms with Gasteiger partial charge >= 0.3 is 10.4 Å². The monoisotopic (exact) mass is 1380 g/mol. The Morgan fingerprint density at radius 3 is 1.67 bits per heavy atom. The molecule has 4 aliphatic carbocycles. The molecule has 0 aromatic carbocycles. The molecular formula is C61H100O32S. The third-order valence-electron chi connectivity index (χ3n) is 22.1. The van der Waals surface area contributed by atoms with Crippen molar-refractivity contribution in [3.63, 3.8) is 0 Å². The number of carbonyl (C=O) groups excluding carboxylic acids is 1. The van der Waals surface area contributed by atoms with Gasteiger partial charge in [-0.3, -0.25) is 9.35 Å². The van der Waals surface area contributed by atoms with E-state index in [1.807, 2.05) is 13.8 Å². The molecule has 0 aromatic rings. The van der Waals surface area contributed by atoms with Crippen molar-refractivity contribution >= 4 is 16.2 Å². The average molecular weight is 1380 g/mol. The molecule has 94 heavy (non-hydrogen) atoms. The van der Waals surface area contributed by atoms with E-state index in [4.69, 9.17) is 61.0 Å². The molecule has 542 valence electrons. The Morgan fingerprint density at radius 1 is 0.585 bits per heavy atom. The number of rotatable bonds is 21. The Balaban J connectivity index is 0.904. The third kappa shape index (κ3) is 14.8. The summed E-state index contributed by atoms with van der Waals surface area (Å²) in [6.07, 6.45) is -45.2. The van der Waals surface area contributed by atoms with E-state index in [0.717, 1.165) is 5.57 Å². The van der Waals surface area contributed by atoms with Crippen LogP contribution in [0.15, 0.2) is 11.6 Å². The number of fused-ring (bicyclic) bond motifs is 5. The molecule has 6 saturated heterocycles. The first-order valence-electron chi connectivity index (χ1n) is 32.8. The zero-order valence-electron chi connectivity index (χ0n) is 53.9. The number of Topliss-reactive ketones (excluding diaryl/α,β-unsaturated/α-hetero) is 1. The number of hydrogen-bond donors (Lipinski definition) is 16. The minimum absolute atomic E-state index is 0.00397. The fraction of sp³-hybridized carbons (Fsp3) is 0.951. The van der Waals surface area contributed by atoms with Crippen LogP contribution in [0.25, 0.3) is 0 Å². The van der Waals surface area contributed by atoms with E-state index >= 15 is 0 Å². The van der Waals surface area contributed by atoms with Gasteiger partial charge in [0, 0.05) is 12.8 Å². The lowest BCUT2D eigenvalue weighted by atomic mass is 9.47. The maximum Gasteiger partial charge on any atom is 0.397 e. The van der Waals surface area contributed by atoms with Crippen LogP contribution < -0.4 is 0 Å². The normalized spacial score (nSPS) is 51.5. The lowest BCUT2D eigenvalue weighted by molar-refractivity contribution is -0.400. The highest BCUT2D eigenvalue weighted by Gasteiger charge is 2.64. The molecule has 10 aliphatic rings. The van der Waals surface area contributed by atoms with Crippen LogP contribution in [0.3, 0.4) is 0 Å². The fourth-order valence-electron chi connectivity index (χ4n) is 17.0. The first-order chi connectivity index (χ1) is 44.0. The molecule has 6 heterocycles. The topological polar surface area (TPSA) is 495 Å². The van der Waals surface area contributed by atoms with E-state index in [1.54, 1.807) is 6.92 Å². The summed E-state index contributed by atoms with van der Waals surface area (Å²) in [5, 5.41) is 168. The number of aliphatic hydroxyl groups is 15. The predicted octanol–water partition coefficient (Wildman–Crippen LogP) is -4.21. The highest BCUT2D eigenvalue weighted by Crippen LogP contribution is 2.67. The molecule has 0 bridgehead atoms. The Kier molecular flexibility index (Phi) is 23.3. The van der Waals surface area contributed by atoms with Crippen molar-refractivity contribution in [3.05, 3.63) is 11.6 Å². The largest absolute Gasteiger partial charge is 0.397 e. The summed E-state index contributed by atoms with van der Waals surface area (Å²) in [4.78, 5) is 13.3. The van der Waals surface area contributed by atoms with Crippen LogP contribution in [0.1, 0.15) is 113 Å². The second-order valence-electron chi connectivity index (χ2n) is 29.0. The lowest BCUT2D eigenvalue weighted by Crippen LogP contribution is -2.67. The van der Waals surface area contributed by atoms with Gasteiger partial charge in [-0.05, 0) is 113 Å². The van der Waals surface area contributed by atoms with E-state index < -0.39 is 237 Å². The molecule has 1 unspecified atom stereocenters. The summed E-state index contributed by atoms with van der Waals surface area (Å²) >= 11 is 0. The number of hydrogen-bond acceptors (Lipinski definition) is 31. The maximum absolute atomic E-state index is 13.3. The van der Waals surface area contributed by atoms with Gasteiger partial charge in [0.2, 0.25) is 0 Å². The van der Waals surface area contributed by atoms with E-state index in [0.29, 0.717) is 38.5 Å². The zero-order valence-corrected chi connectivity index (χ0v) is 54.7. The van der Waals surface area contributed by atoms with Crippen molar-refractivity contribution in [2.75, 3.05) is 19.8 Å². The summed E-state index contributed by atoms with van der Waals surface area (Å²) in [5.41, 5.74) is -1.34. The zero-order chi connectivity index (χ0) is 68.7. The van der Waals surface area contributed by atoms with Crippen molar-refractivity contribution < 1.29 is 155 Å². The molecule has 9 fully saturated rings. The molecule has 0 spiro atoms. The summed E-state index contributed by atoms with van der Waals surface area (Å²) < 4.78 is 112. The minimum Gasteiger partial charge on any atom is -0.394 e. The van der Waals surface area contributed by atoms with Crippen molar-refractivity contribution in [2.24, 2.45) is 40.4 Å². The van der Waals surface area contributed by atoms with Gasteiger partial charge in [-0.25, -0.2) is 4.18 Å². The van der Waals surface area contributed by atoms with Gasteiger partial charge < -0.3 is 133 Å². The Bertz CT molecular complexity index is 2700. The lowest BCUT2D eigenvalue weighted by Gasteiger charge is -2.60. The summed E-state index contributed by atoms with van der Waals surface area (Å²) in [5.74, 6) is -0.910. The standard InChI is InChI=1S/C61H100O32S/c1-22(2)15-26(64)18-61(8,77)36-10-9-29-28-17-32(31-16-27(93-94(78,79)80)11-13-59(31,6)30(28)12-14-60(29,36)7)85-55-47(75)50(39(67)24(4)83-55)90-57-51(91-53-46(74)43(71)37(65)23(3)82-53)42(70)35(21-81-57)88-58-52(44(72)40(68)33(19-62)87-58)92-56-48(76)49(38(66)25(5)84-56)89-54-45(73)41(69)34(20-63)86-54/h12,22-25,27-29,31-58,62-63,65-77H,9-11,13-21H2,1-8H3,(H,78,79,80)/t23-,24-,25-,27+,28+,29+,31?,32+,33-,34+,35-,36+,37-,38+,39-,40+,41+,42+,43+,44+,45-,46-,47-,48-,49+,50+,51-,52-,53+,54+,55+,56+,57+,58+,59-,60+,61+/m1/s1. The molecule has 0 radical (unpaired) electrons. The number of allylic oxidation sites excluding steroid dienone is 2. The number of ketones is 1. The minimum atomic E-state index is -4.91. The first kappa shape index (κ1) is 74.9. The van der Waals surface area contributed by atoms with E-state index in [2.05, 4.69) is 19.9 Å². The second-order valence-corrected chi connectivity index (χ2v) is 30.0. The maximum atomic E-state index is 13.3. The summed E-state index contributed by atoms with van der Waals surface area (Å²) in [7, 11) is -4.91. The predicted molar refractivity (Wildman–Crippen MR) is 312 cm³/mol. The molecule has 16 N–H and O–H groups in total. The second kappa shape index (κ2) is 29.3. The van der Waals surface area contributed by atoms with Gasteiger partial charge in [0.05, 0.1) is 55.9 Å². The summed E-state index contributed by atoms with van der Waals surface area (Å²) in [6, 6.07) is 0. The number of ether oxygens (including phenoxy) is 12. The third-order valence-corrected chi connectivity index (χ3v) is 22.6.